The van der Waals surface area contributed by atoms with Gasteiger partial charge in [-0.15, -0.1) is 0 Å². The fourth-order valence-electron chi connectivity index (χ4n) is 1.70. The maximum atomic E-state index is 12.1. The fraction of sp³-hybridized carbons (Fsp3) is 0.462. The third-order valence-corrected chi connectivity index (χ3v) is 2.66. The quantitative estimate of drug-likeness (QED) is 0.773. The van der Waals surface area contributed by atoms with Gasteiger partial charge in [-0.2, -0.15) is 0 Å². The van der Waals surface area contributed by atoms with Crippen molar-refractivity contribution >= 4 is 5.78 Å². The summed E-state index contributed by atoms with van der Waals surface area (Å²) in [6.45, 7) is 4.56. The molecule has 0 aromatic heterocycles. The van der Waals surface area contributed by atoms with Crippen LogP contribution >= 0.6 is 0 Å². The monoisotopic (exact) mass is 221 g/mol. The smallest absolute Gasteiger partial charge is 0.167 e. The zero-order valence-electron chi connectivity index (χ0n) is 10.3. The number of rotatable bonds is 5. The molecule has 1 unspecified atom stereocenters. The van der Waals surface area contributed by atoms with Crippen LogP contribution in [0.4, 0.5) is 0 Å². The lowest BCUT2D eigenvalue weighted by Crippen LogP contribution is -2.24. The minimum atomic E-state index is -0.00269. The van der Waals surface area contributed by atoms with Crippen LogP contribution < -0.4 is 10.1 Å². The van der Waals surface area contributed by atoms with E-state index in [0.717, 1.165) is 16.9 Å². The molecule has 16 heavy (non-hydrogen) atoms. The lowest BCUT2D eigenvalue weighted by atomic mass is 9.95. The second-order valence-corrected chi connectivity index (χ2v) is 4.00. The minimum Gasteiger partial charge on any atom is -0.497 e. The number of Topliss-reactive ketones (excluding diaryl/α,β-unsaturated/α-hetero) is 1. The molecule has 1 atom stereocenters. The summed E-state index contributed by atoms with van der Waals surface area (Å²) in [5.41, 5.74) is 1.75. The van der Waals surface area contributed by atoms with Gasteiger partial charge in [-0.25, -0.2) is 0 Å². The first kappa shape index (κ1) is 12.7. The Morgan fingerprint density at radius 2 is 2.19 bits per heavy atom. The number of ketones is 1. The number of carbonyl (C=O) groups excluding carboxylic acids is 1. The van der Waals surface area contributed by atoms with Gasteiger partial charge in [-0.1, -0.05) is 6.92 Å². The molecule has 88 valence electrons. The van der Waals surface area contributed by atoms with E-state index in [1.54, 1.807) is 7.11 Å². The van der Waals surface area contributed by atoms with Crippen LogP contribution in [0, 0.1) is 12.8 Å². The van der Waals surface area contributed by atoms with E-state index in [4.69, 9.17) is 4.74 Å². The molecule has 0 heterocycles. The van der Waals surface area contributed by atoms with Gasteiger partial charge in [0.1, 0.15) is 5.75 Å². The van der Waals surface area contributed by atoms with Gasteiger partial charge in [0, 0.05) is 18.0 Å². The molecule has 0 aliphatic heterocycles. The van der Waals surface area contributed by atoms with Gasteiger partial charge < -0.3 is 10.1 Å². The molecule has 1 aromatic carbocycles. The van der Waals surface area contributed by atoms with Crippen LogP contribution in [0.15, 0.2) is 18.2 Å². The number of carbonyl (C=O) groups is 1. The molecule has 0 amide bonds. The van der Waals surface area contributed by atoms with Crippen molar-refractivity contribution in [3.05, 3.63) is 29.3 Å². The first-order valence-corrected chi connectivity index (χ1v) is 5.43. The molecule has 0 radical (unpaired) electrons. The third kappa shape index (κ3) is 2.83. The summed E-state index contributed by atoms with van der Waals surface area (Å²) in [5.74, 6) is 0.960. The molecule has 0 aliphatic rings. The molecular formula is C13H19NO2. The Morgan fingerprint density at radius 1 is 1.50 bits per heavy atom. The average Bonchev–Trinajstić information content (AvgIpc) is 2.28. The Hall–Kier alpha value is -1.35. The number of hydrogen-bond donors (Lipinski definition) is 1. The van der Waals surface area contributed by atoms with Crippen molar-refractivity contribution in [2.24, 2.45) is 5.92 Å². The van der Waals surface area contributed by atoms with Crippen LogP contribution in [0.3, 0.4) is 0 Å². The van der Waals surface area contributed by atoms with Crippen LogP contribution in [-0.2, 0) is 0 Å². The van der Waals surface area contributed by atoms with E-state index >= 15 is 0 Å². The molecular weight excluding hydrogens is 202 g/mol. The van der Waals surface area contributed by atoms with Gasteiger partial charge in [0.2, 0.25) is 0 Å². The van der Waals surface area contributed by atoms with Crippen molar-refractivity contribution in [3.8, 4) is 5.75 Å². The van der Waals surface area contributed by atoms with Crippen LogP contribution in [0.1, 0.15) is 22.8 Å². The summed E-state index contributed by atoms with van der Waals surface area (Å²) >= 11 is 0. The number of benzene rings is 1. The molecule has 0 saturated heterocycles. The fourth-order valence-corrected chi connectivity index (χ4v) is 1.70. The highest BCUT2D eigenvalue weighted by Crippen LogP contribution is 2.19. The van der Waals surface area contributed by atoms with Gasteiger partial charge in [-0.3, -0.25) is 4.79 Å². The van der Waals surface area contributed by atoms with Crippen molar-refractivity contribution in [1.29, 1.82) is 0 Å². The van der Waals surface area contributed by atoms with Crippen molar-refractivity contribution in [1.82, 2.24) is 5.32 Å². The summed E-state index contributed by atoms with van der Waals surface area (Å²) in [6.07, 6.45) is 0. The first-order valence-electron chi connectivity index (χ1n) is 5.43. The number of aryl methyl sites for hydroxylation is 1. The van der Waals surface area contributed by atoms with E-state index in [9.17, 15) is 4.79 Å². The van der Waals surface area contributed by atoms with Crippen molar-refractivity contribution in [2.75, 3.05) is 20.7 Å². The molecule has 0 fully saturated rings. The molecule has 0 spiro atoms. The molecule has 3 heteroatoms. The summed E-state index contributed by atoms with van der Waals surface area (Å²) in [6, 6.07) is 5.55. The Morgan fingerprint density at radius 3 is 2.69 bits per heavy atom. The van der Waals surface area contributed by atoms with E-state index in [2.05, 4.69) is 5.32 Å². The Bertz CT molecular complexity index is 374. The highest BCUT2D eigenvalue weighted by molar-refractivity contribution is 5.99. The molecule has 1 N–H and O–H groups in total. The van der Waals surface area contributed by atoms with Crippen LogP contribution in [0.5, 0.6) is 5.75 Å². The second kappa shape index (κ2) is 5.66. The van der Waals surface area contributed by atoms with E-state index in [1.807, 2.05) is 39.1 Å². The first-order chi connectivity index (χ1) is 7.60. The topological polar surface area (TPSA) is 38.3 Å². The highest BCUT2D eigenvalue weighted by Gasteiger charge is 2.16. The van der Waals surface area contributed by atoms with E-state index < -0.39 is 0 Å². The molecule has 0 saturated carbocycles. The maximum Gasteiger partial charge on any atom is 0.167 e. The van der Waals surface area contributed by atoms with Gasteiger partial charge >= 0.3 is 0 Å². The van der Waals surface area contributed by atoms with Crippen molar-refractivity contribution in [3.63, 3.8) is 0 Å². The van der Waals surface area contributed by atoms with Gasteiger partial charge in [-0.05, 0) is 37.7 Å². The summed E-state index contributed by atoms with van der Waals surface area (Å²) in [5, 5.41) is 3.01. The predicted molar refractivity (Wildman–Crippen MR) is 65.2 cm³/mol. The molecule has 1 rings (SSSR count). The molecule has 1 aromatic rings. The predicted octanol–water partition coefficient (Wildman–Crippen LogP) is 2.04. The standard InChI is InChI=1S/C13H19NO2/c1-9-7-11(16-4)5-6-12(9)13(15)10(2)8-14-3/h5-7,10,14H,8H2,1-4H3. The van der Waals surface area contributed by atoms with E-state index in [0.29, 0.717) is 6.54 Å². The minimum absolute atomic E-state index is 0.00269. The summed E-state index contributed by atoms with van der Waals surface area (Å²) < 4.78 is 5.11. The molecule has 0 bridgehead atoms. The third-order valence-electron chi connectivity index (χ3n) is 2.66. The van der Waals surface area contributed by atoms with Gasteiger partial charge in [0.05, 0.1) is 7.11 Å². The Labute approximate surface area is 96.8 Å². The number of hydrogen-bond acceptors (Lipinski definition) is 3. The zero-order valence-corrected chi connectivity index (χ0v) is 10.3. The number of methoxy groups -OCH3 is 1. The van der Waals surface area contributed by atoms with Gasteiger partial charge in [0.25, 0.3) is 0 Å². The lowest BCUT2D eigenvalue weighted by molar-refractivity contribution is 0.0929. The Balaban J connectivity index is 2.91. The maximum absolute atomic E-state index is 12.1. The van der Waals surface area contributed by atoms with Gasteiger partial charge in [0.15, 0.2) is 5.78 Å². The SMILES string of the molecule is CNCC(C)C(=O)c1ccc(OC)cc1C. The normalized spacial score (nSPS) is 12.2. The van der Waals surface area contributed by atoms with E-state index in [-0.39, 0.29) is 11.7 Å². The molecule has 3 nitrogen and oxygen atoms in total. The largest absolute Gasteiger partial charge is 0.497 e. The van der Waals surface area contributed by atoms with Crippen LogP contribution in [-0.4, -0.2) is 26.5 Å². The summed E-state index contributed by atoms with van der Waals surface area (Å²) in [4.78, 5) is 12.1. The lowest BCUT2D eigenvalue weighted by Gasteiger charge is -2.12. The second-order valence-electron chi connectivity index (χ2n) is 4.00. The van der Waals surface area contributed by atoms with Crippen molar-refractivity contribution in [2.45, 2.75) is 13.8 Å². The van der Waals surface area contributed by atoms with Crippen LogP contribution in [0.25, 0.3) is 0 Å². The molecule has 0 aliphatic carbocycles. The van der Waals surface area contributed by atoms with Crippen molar-refractivity contribution < 1.29 is 9.53 Å². The zero-order chi connectivity index (χ0) is 12.1. The summed E-state index contributed by atoms with van der Waals surface area (Å²) in [7, 11) is 3.48. The Kier molecular flexibility index (Phi) is 4.50. The van der Waals surface area contributed by atoms with Crippen LogP contribution in [0.2, 0.25) is 0 Å². The van der Waals surface area contributed by atoms with E-state index in [1.165, 1.54) is 0 Å². The number of nitrogens with one attached hydrogen (secondary N) is 1. The average molecular weight is 221 g/mol. The number of ether oxygens (including phenoxy) is 1. The highest BCUT2D eigenvalue weighted by atomic mass is 16.5.